The van der Waals surface area contributed by atoms with Gasteiger partial charge in [-0.15, -0.1) is 0 Å². The van der Waals surface area contributed by atoms with Gasteiger partial charge in [-0.1, -0.05) is 12.5 Å². The minimum absolute atomic E-state index is 0.0355. The quantitative estimate of drug-likeness (QED) is 0.437. The molecule has 2 aliphatic rings. The van der Waals surface area contributed by atoms with E-state index in [4.69, 9.17) is 19.2 Å². The molecule has 0 bridgehead atoms. The molecule has 1 saturated heterocycles. The highest BCUT2D eigenvalue weighted by Gasteiger charge is 2.40. The van der Waals surface area contributed by atoms with Crippen molar-refractivity contribution in [2.45, 2.75) is 50.7 Å². The Morgan fingerprint density at radius 2 is 2.06 bits per heavy atom. The van der Waals surface area contributed by atoms with Gasteiger partial charge in [0.25, 0.3) is 0 Å². The van der Waals surface area contributed by atoms with E-state index in [9.17, 15) is 14.3 Å². The minimum atomic E-state index is -1.07. The summed E-state index contributed by atoms with van der Waals surface area (Å²) in [4.78, 5) is 18.5. The first kappa shape index (κ1) is 25.2. The van der Waals surface area contributed by atoms with Crippen LogP contribution >= 0.6 is 0 Å². The van der Waals surface area contributed by atoms with Gasteiger partial charge in [-0.05, 0) is 49.8 Å². The summed E-state index contributed by atoms with van der Waals surface area (Å²) in [5.74, 6) is -0.196. The summed E-state index contributed by atoms with van der Waals surface area (Å²) in [7, 11) is 2.81. The number of benzene rings is 1. The van der Waals surface area contributed by atoms with Crippen LogP contribution in [0.4, 0.5) is 10.2 Å². The number of likely N-dealkylation sites (tertiary alicyclic amines) is 1. The monoisotopic (exact) mass is 487 g/mol. The number of halogens is 1. The number of anilines is 1. The zero-order valence-corrected chi connectivity index (χ0v) is 20.4. The van der Waals surface area contributed by atoms with E-state index < -0.39 is 17.8 Å². The fourth-order valence-electron chi connectivity index (χ4n) is 4.78. The molecule has 190 valence electrons. The second-order valence-corrected chi connectivity index (χ2v) is 9.07. The molecule has 9 heteroatoms. The maximum absolute atomic E-state index is 14.1. The molecular weight excluding hydrogens is 453 g/mol. The minimum Gasteiger partial charge on any atom is -0.493 e. The molecule has 35 heavy (non-hydrogen) atoms. The normalized spacial score (nSPS) is 16.7. The summed E-state index contributed by atoms with van der Waals surface area (Å²) in [5, 5.41) is 13.2. The smallest absolute Gasteiger partial charge is 0.325 e. The van der Waals surface area contributed by atoms with E-state index in [1.54, 1.807) is 4.90 Å². The SMILES string of the molecule is COc1cc(F)cc(C(C(=O)O)N2CC(OCCCCCc3ccc4c(n3)NCCC4)C2)c1OC. The molecule has 1 aromatic carbocycles. The second kappa shape index (κ2) is 11.7. The van der Waals surface area contributed by atoms with Crippen molar-refractivity contribution in [1.29, 1.82) is 0 Å². The predicted molar refractivity (Wildman–Crippen MR) is 130 cm³/mol. The molecule has 8 nitrogen and oxygen atoms in total. The molecule has 2 aromatic rings. The largest absolute Gasteiger partial charge is 0.493 e. The van der Waals surface area contributed by atoms with Gasteiger partial charge < -0.3 is 24.6 Å². The fraction of sp³-hybridized carbons (Fsp3) is 0.538. The van der Waals surface area contributed by atoms with E-state index in [1.807, 2.05) is 0 Å². The zero-order valence-electron chi connectivity index (χ0n) is 20.4. The molecular formula is C26H34FN3O5. The summed E-state index contributed by atoms with van der Waals surface area (Å²) in [6.45, 7) is 2.55. The fourth-order valence-corrected chi connectivity index (χ4v) is 4.78. The van der Waals surface area contributed by atoms with Crippen LogP contribution in [-0.2, 0) is 22.4 Å². The van der Waals surface area contributed by atoms with Gasteiger partial charge in [0, 0.05) is 43.6 Å². The number of methoxy groups -OCH3 is 2. The highest BCUT2D eigenvalue weighted by molar-refractivity contribution is 5.77. The Morgan fingerprint density at radius 3 is 2.80 bits per heavy atom. The lowest BCUT2D eigenvalue weighted by atomic mass is 9.98. The van der Waals surface area contributed by atoms with Crippen molar-refractivity contribution >= 4 is 11.8 Å². The Bertz CT molecular complexity index is 1030. The van der Waals surface area contributed by atoms with Gasteiger partial charge in [0.15, 0.2) is 11.5 Å². The van der Waals surface area contributed by atoms with E-state index in [-0.39, 0.29) is 23.2 Å². The zero-order chi connectivity index (χ0) is 24.8. The lowest BCUT2D eigenvalue weighted by Gasteiger charge is -2.42. The maximum Gasteiger partial charge on any atom is 0.325 e. The maximum atomic E-state index is 14.1. The van der Waals surface area contributed by atoms with Crippen LogP contribution in [0.2, 0.25) is 0 Å². The molecule has 0 aliphatic carbocycles. The topological polar surface area (TPSA) is 93.2 Å². The van der Waals surface area contributed by atoms with Crippen LogP contribution in [0.5, 0.6) is 11.5 Å². The number of pyridine rings is 1. The number of aliphatic carboxylic acids is 1. The number of carboxylic acids is 1. The second-order valence-electron chi connectivity index (χ2n) is 9.07. The molecule has 3 heterocycles. The highest BCUT2D eigenvalue weighted by atomic mass is 19.1. The van der Waals surface area contributed by atoms with Crippen molar-refractivity contribution < 1.29 is 28.5 Å². The molecule has 0 saturated carbocycles. The van der Waals surface area contributed by atoms with Crippen LogP contribution in [0.25, 0.3) is 0 Å². The first-order chi connectivity index (χ1) is 17.0. The number of rotatable bonds is 12. The highest BCUT2D eigenvalue weighted by Crippen LogP contribution is 2.39. The Balaban J connectivity index is 1.20. The van der Waals surface area contributed by atoms with Gasteiger partial charge in [0.1, 0.15) is 17.7 Å². The molecule has 1 fully saturated rings. The Morgan fingerprint density at radius 1 is 1.23 bits per heavy atom. The number of ether oxygens (including phenoxy) is 3. The Labute approximate surface area is 205 Å². The molecule has 2 aliphatic heterocycles. The number of hydrogen-bond donors (Lipinski definition) is 2. The van der Waals surface area contributed by atoms with Gasteiger partial charge in [-0.3, -0.25) is 9.69 Å². The third-order valence-electron chi connectivity index (χ3n) is 6.62. The van der Waals surface area contributed by atoms with E-state index in [2.05, 4.69) is 17.4 Å². The third kappa shape index (κ3) is 6.02. The average Bonchev–Trinajstić information content (AvgIpc) is 2.83. The molecule has 4 rings (SSSR count). The summed E-state index contributed by atoms with van der Waals surface area (Å²) in [6, 6.07) is 5.67. The number of fused-ring (bicyclic) bond motifs is 1. The lowest BCUT2D eigenvalue weighted by Crippen LogP contribution is -2.55. The van der Waals surface area contributed by atoms with Crippen LogP contribution < -0.4 is 14.8 Å². The standard InChI is InChI=1S/C26H34FN3O5/c1-33-22-14-18(27)13-21(24(22)34-2)23(26(31)32)30-15-20(16-30)35-12-5-3-4-8-19-10-9-17-7-6-11-28-25(17)29-19/h9-10,13-14,20,23H,3-8,11-12,15-16H2,1-2H3,(H,28,29)(H,31,32). The van der Waals surface area contributed by atoms with Gasteiger partial charge in [-0.2, -0.15) is 0 Å². The number of aryl methyl sites for hydroxylation is 2. The number of carbonyl (C=O) groups is 1. The van der Waals surface area contributed by atoms with Crippen molar-refractivity contribution in [2.24, 2.45) is 0 Å². The predicted octanol–water partition coefficient (Wildman–Crippen LogP) is 3.84. The lowest BCUT2D eigenvalue weighted by molar-refractivity contribution is -0.151. The molecule has 2 N–H and O–H groups in total. The van der Waals surface area contributed by atoms with E-state index in [0.29, 0.717) is 19.7 Å². The van der Waals surface area contributed by atoms with Crippen LogP contribution in [0.3, 0.4) is 0 Å². The number of nitrogens with one attached hydrogen (secondary N) is 1. The van der Waals surface area contributed by atoms with Crippen molar-refractivity contribution in [3.63, 3.8) is 0 Å². The first-order valence-corrected chi connectivity index (χ1v) is 12.2. The van der Waals surface area contributed by atoms with Gasteiger partial charge in [0.2, 0.25) is 0 Å². The van der Waals surface area contributed by atoms with Crippen molar-refractivity contribution in [1.82, 2.24) is 9.88 Å². The molecule has 1 atom stereocenters. The number of unbranched alkanes of at least 4 members (excludes halogenated alkanes) is 2. The van der Waals surface area contributed by atoms with E-state index in [0.717, 1.165) is 56.6 Å². The van der Waals surface area contributed by atoms with Crippen molar-refractivity contribution in [3.05, 3.63) is 46.9 Å². The van der Waals surface area contributed by atoms with E-state index >= 15 is 0 Å². The van der Waals surface area contributed by atoms with Crippen molar-refractivity contribution in [2.75, 3.05) is 45.8 Å². The van der Waals surface area contributed by atoms with Crippen LogP contribution in [0, 0.1) is 5.82 Å². The summed E-state index contributed by atoms with van der Waals surface area (Å²) in [5.41, 5.74) is 2.67. The molecule has 1 unspecified atom stereocenters. The Kier molecular flexibility index (Phi) is 8.41. The molecule has 0 amide bonds. The van der Waals surface area contributed by atoms with Gasteiger partial charge in [0.05, 0.1) is 20.3 Å². The number of hydrogen-bond acceptors (Lipinski definition) is 7. The summed E-state index contributed by atoms with van der Waals surface area (Å²) < 4.78 is 30.5. The van der Waals surface area contributed by atoms with Crippen LogP contribution in [0.15, 0.2) is 24.3 Å². The molecule has 0 spiro atoms. The third-order valence-corrected chi connectivity index (χ3v) is 6.62. The first-order valence-electron chi connectivity index (χ1n) is 12.2. The number of carboxylic acid groups (broad SMARTS) is 1. The van der Waals surface area contributed by atoms with Crippen molar-refractivity contribution in [3.8, 4) is 11.5 Å². The van der Waals surface area contributed by atoms with Crippen LogP contribution in [-0.4, -0.2) is 67.5 Å². The number of aromatic nitrogens is 1. The van der Waals surface area contributed by atoms with Gasteiger partial charge in [-0.25, -0.2) is 9.37 Å². The summed E-state index contributed by atoms with van der Waals surface area (Å²) in [6.07, 6.45) is 6.21. The molecule has 1 aromatic heterocycles. The van der Waals surface area contributed by atoms with Gasteiger partial charge >= 0.3 is 5.97 Å². The van der Waals surface area contributed by atoms with E-state index in [1.165, 1.54) is 31.9 Å². The van der Waals surface area contributed by atoms with Crippen LogP contribution in [0.1, 0.15) is 48.5 Å². The summed E-state index contributed by atoms with van der Waals surface area (Å²) >= 11 is 0. The average molecular weight is 488 g/mol. The number of nitrogens with zero attached hydrogens (tertiary/aromatic N) is 2. The Hall–Kier alpha value is -2.91. The molecule has 0 radical (unpaired) electrons.